The van der Waals surface area contributed by atoms with Gasteiger partial charge < -0.3 is 14.0 Å². The van der Waals surface area contributed by atoms with E-state index in [0.717, 1.165) is 71.0 Å². The van der Waals surface area contributed by atoms with Gasteiger partial charge in [0, 0.05) is 30.3 Å². The highest BCUT2D eigenvalue weighted by molar-refractivity contribution is 5.96. The fraction of sp³-hybridized carbons (Fsp3) is 0.346. The van der Waals surface area contributed by atoms with E-state index in [4.69, 9.17) is 9.51 Å². The zero-order valence-electron chi connectivity index (χ0n) is 19.4. The topological polar surface area (TPSA) is 64.2 Å². The number of imidazole rings is 1. The quantitative estimate of drug-likeness (QED) is 0.338. The molecule has 0 N–H and O–H groups in total. The minimum absolute atomic E-state index is 0.124. The zero-order chi connectivity index (χ0) is 24.0. The molecule has 34 heavy (non-hydrogen) atoms. The van der Waals surface area contributed by atoms with Gasteiger partial charge in [-0.2, -0.15) is 0 Å². The van der Waals surface area contributed by atoms with E-state index >= 15 is 0 Å². The number of benzene rings is 2. The normalized spacial score (nSPS) is 16.2. The Hall–Kier alpha value is -3.55. The molecular formula is C26H26F2N4O2. The molecule has 8 heteroatoms. The third-order valence-corrected chi connectivity index (χ3v) is 6.53. The molecule has 4 aromatic rings. The molecule has 1 aliphatic heterocycles. The average molecular weight is 465 g/mol. The van der Waals surface area contributed by atoms with Crippen LogP contribution < -0.4 is 4.90 Å². The SMILES string of the molecule is CCCCn1c([C@@H]2CCC(=O)N2c2ccc(F)c(F)c2)nc2cc(-c3c(C)noc3C)ccc21. The first-order chi connectivity index (χ1) is 16.4. The molecule has 0 saturated carbocycles. The Balaban J connectivity index is 1.63. The van der Waals surface area contributed by atoms with Crippen molar-refractivity contribution in [3.8, 4) is 11.1 Å². The van der Waals surface area contributed by atoms with Crippen molar-refractivity contribution in [1.29, 1.82) is 0 Å². The summed E-state index contributed by atoms with van der Waals surface area (Å²) in [6.07, 6.45) is 2.84. The number of halogens is 2. The average Bonchev–Trinajstić information content (AvgIpc) is 3.48. The summed E-state index contributed by atoms with van der Waals surface area (Å²) in [5, 5.41) is 4.06. The molecule has 176 valence electrons. The van der Waals surface area contributed by atoms with Gasteiger partial charge in [0.1, 0.15) is 11.6 Å². The largest absolute Gasteiger partial charge is 0.361 e. The number of carbonyl (C=O) groups is 1. The molecule has 1 amide bonds. The van der Waals surface area contributed by atoms with E-state index in [1.807, 2.05) is 32.0 Å². The van der Waals surface area contributed by atoms with Crippen LogP contribution in [0.5, 0.6) is 0 Å². The molecule has 2 aromatic heterocycles. The molecule has 1 atom stereocenters. The van der Waals surface area contributed by atoms with Gasteiger partial charge in [-0.25, -0.2) is 13.8 Å². The van der Waals surface area contributed by atoms with Crippen LogP contribution >= 0.6 is 0 Å². The van der Waals surface area contributed by atoms with Gasteiger partial charge in [-0.05, 0) is 56.5 Å². The Bertz CT molecular complexity index is 1370. The molecular weight excluding hydrogens is 438 g/mol. The van der Waals surface area contributed by atoms with Crippen LogP contribution in [-0.4, -0.2) is 20.6 Å². The molecule has 5 rings (SSSR count). The van der Waals surface area contributed by atoms with Gasteiger partial charge >= 0.3 is 0 Å². The lowest BCUT2D eigenvalue weighted by molar-refractivity contribution is -0.117. The number of carbonyl (C=O) groups excluding carboxylic acids is 1. The highest BCUT2D eigenvalue weighted by atomic mass is 19.2. The summed E-state index contributed by atoms with van der Waals surface area (Å²) in [5.74, 6) is -0.529. The van der Waals surface area contributed by atoms with Crippen LogP contribution in [0.1, 0.15) is 55.9 Å². The minimum atomic E-state index is -0.973. The number of unbranched alkanes of at least 4 members (excludes halogenated alkanes) is 1. The second-order valence-corrected chi connectivity index (χ2v) is 8.79. The van der Waals surface area contributed by atoms with Crippen LogP contribution in [0.3, 0.4) is 0 Å². The van der Waals surface area contributed by atoms with Crippen molar-refractivity contribution in [1.82, 2.24) is 14.7 Å². The Kier molecular flexibility index (Phi) is 5.67. The summed E-state index contributed by atoms with van der Waals surface area (Å²) >= 11 is 0. The maximum absolute atomic E-state index is 14.0. The summed E-state index contributed by atoms with van der Waals surface area (Å²) in [6, 6.07) is 9.33. The third-order valence-electron chi connectivity index (χ3n) is 6.53. The van der Waals surface area contributed by atoms with E-state index in [0.29, 0.717) is 18.5 Å². The molecule has 3 heterocycles. The number of anilines is 1. The summed E-state index contributed by atoms with van der Waals surface area (Å²) in [4.78, 5) is 19.4. The molecule has 1 fully saturated rings. The minimum Gasteiger partial charge on any atom is -0.361 e. The van der Waals surface area contributed by atoms with E-state index in [9.17, 15) is 13.6 Å². The molecule has 1 saturated heterocycles. The number of fused-ring (bicyclic) bond motifs is 1. The lowest BCUT2D eigenvalue weighted by Crippen LogP contribution is -2.29. The first kappa shape index (κ1) is 22.3. The lowest BCUT2D eigenvalue weighted by atomic mass is 10.0. The zero-order valence-corrected chi connectivity index (χ0v) is 19.4. The second kappa shape index (κ2) is 8.66. The number of amides is 1. The Morgan fingerprint density at radius 3 is 2.65 bits per heavy atom. The fourth-order valence-electron chi connectivity index (χ4n) is 4.89. The number of nitrogens with zero attached hydrogens (tertiary/aromatic N) is 4. The second-order valence-electron chi connectivity index (χ2n) is 8.79. The predicted molar refractivity (Wildman–Crippen MR) is 125 cm³/mol. The smallest absolute Gasteiger partial charge is 0.227 e. The highest BCUT2D eigenvalue weighted by Crippen LogP contribution is 2.39. The fourth-order valence-corrected chi connectivity index (χ4v) is 4.89. The van der Waals surface area contributed by atoms with Crippen LogP contribution in [-0.2, 0) is 11.3 Å². The summed E-state index contributed by atoms with van der Waals surface area (Å²) in [6.45, 7) is 6.67. The van der Waals surface area contributed by atoms with Crippen molar-refractivity contribution in [3.63, 3.8) is 0 Å². The van der Waals surface area contributed by atoms with E-state index < -0.39 is 11.6 Å². The van der Waals surface area contributed by atoms with Gasteiger partial charge in [-0.15, -0.1) is 0 Å². The first-order valence-corrected chi connectivity index (χ1v) is 11.6. The molecule has 0 bridgehead atoms. The lowest BCUT2D eigenvalue weighted by Gasteiger charge is -2.25. The number of rotatable bonds is 6. The molecule has 1 aliphatic rings. The number of hydrogen-bond donors (Lipinski definition) is 0. The van der Waals surface area contributed by atoms with Gasteiger partial charge in [-0.3, -0.25) is 4.79 Å². The van der Waals surface area contributed by atoms with Crippen molar-refractivity contribution in [2.45, 2.75) is 59.0 Å². The Morgan fingerprint density at radius 1 is 1.12 bits per heavy atom. The van der Waals surface area contributed by atoms with Crippen LogP contribution in [0.4, 0.5) is 14.5 Å². The summed E-state index contributed by atoms with van der Waals surface area (Å²) in [5.41, 5.74) is 4.86. The van der Waals surface area contributed by atoms with Gasteiger partial charge in [0.25, 0.3) is 0 Å². The molecule has 0 spiro atoms. The van der Waals surface area contributed by atoms with E-state index in [2.05, 4.69) is 16.6 Å². The maximum Gasteiger partial charge on any atom is 0.227 e. The monoisotopic (exact) mass is 464 g/mol. The van der Waals surface area contributed by atoms with E-state index in [-0.39, 0.29) is 11.9 Å². The molecule has 2 aromatic carbocycles. The third kappa shape index (κ3) is 3.67. The van der Waals surface area contributed by atoms with E-state index in [1.165, 1.54) is 6.07 Å². The van der Waals surface area contributed by atoms with Crippen molar-refractivity contribution < 1.29 is 18.1 Å². The van der Waals surface area contributed by atoms with Crippen LogP contribution in [0.15, 0.2) is 40.9 Å². The van der Waals surface area contributed by atoms with Crippen molar-refractivity contribution in [2.75, 3.05) is 4.90 Å². The van der Waals surface area contributed by atoms with Crippen molar-refractivity contribution >= 4 is 22.6 Å². The molecule has 0 unspecified atom stereocenters. The van der Waals surface area contributed by atoms with E-state index in [1.54, 1.807) is 4.90 Å². The van der Waals surface area contributed by atoms with Crippen molar-refractivity contribution in [3.05, 3.63) is 65.3 Å². The maximum atomic E-state index is 14.0. The van der Waals surface area contributed by atoms with Crippen molar-refractivity contribution in [2.24, 2.45) is 0 Å². The van der Waals surface area contributed by atoms with Gasteiger partial charge in [0.15, 0.2) is 11.6 Å². The van der Waals surface area contributed by atoms with Crippen LogP contribution in [0.25, 0.3) is 22.2 Å². The number of aryl methyl sites for hydroxylation is 3. The standard InChI is InChI=1S/C26H26F2N4O2/c1-4-5-12-31-22-9-6-17(25-15(2)30-34-16(25)3)13-21(22)29-26(31)23-10-11-24(33)32(23)18-7-8-19(27)20(28)14-18/h6-9,13-14,23H,4-5,10-12H2,1-3H3/t23-/m0/s1. The first-order valence-electron chi connectivity index (χ1n) is 11.6. The van der Waals surface area contributed by atoms with Crippen LogP contribution in [0, 0.1) is 25.5 Å². The van der Waals surface area contributed by atoms with Crippen LogP contribution in [0.2, 0.25) is 0 Å². The highest BCUT2D eigenvalue weighted by Gasteiger charge is 2.37. The Labute approximate surface area is 196 Å². The summed E-state index contributed by atoms with van der Waals surface area (Å²) in [7, 11) is 0. The molecule has 0 radical (unpaired) electrons. The van der Waals surface area contributed by atoms with Gasteiger partial charge in [-0.1, -0.05) is 24.6 Å². The summed E-state index contributed by atoms with van der Waals surface area (Å²) < 4.78 is 35.1. The van der Waals surface area contributed by atoms with Gasteiger partial charge in [0.05, 0.1) is 22.8 Å². The molecule has 0 aliphatic carbocycles. The Morgan fingerprint density at radius 2 is 1.94 bits per heavy atom. The molecule has 6 nitrogen and oxygen atoms in total. The number of hydrogen-bond acceptors (Lipinski definition) is 4. The number of aromatic nitrogens is 3. The van der Waals surface area contributed by atoms with Gasteiger partial charge in [0.2, 0.25) is 5.91 Å². The predicted octanol–water partition coefficient (Wildman–Crippen LogP) is 6.25.